The first-order chi connectivity index (χ1) is 24.3. The second kappa shape index (κ2) is 15.6. The number of aromatic hydroxyl groups is 2. The molecule has 0 atom stereocenters. The van der Waals surface area contributed by atoms with E-state index in [9.17, 15) is 19.8 Å². The maximum atomic E-state index is 12.6. The zero-order valence-electron chi connectivity index (χ0n) is 28.2. The van der Waals surface area contributed by atoms with E-state index in [2.05, 4.69) is 27.3 Å². The van der Waals surface area contributed by atoms with Crippen molar-refractivity contribution < 1.29 is 29.3 Å². The molecule has 0 spiro atoms. The lowest BCUT2D eigenvalue weighted by Crippen LogP contribution is -2.14. The molecule has 0 aliphatic rings. The van der Waals surface area contributed by atoms with E-state index in [1.54, 1.807) is 12.1 Å². The number of rotatable bonds is 15. The van der Waals surface area contributed by atoms with Crippen LogP contribution in [0.3, 0.4) is 0 Å². The van der Waals surface area contributed by atoms with Crippen LogP contribution in [0.5, 0.6) is 11.5 Å². The molecular weight excluding hydrogens is 636 g/mol. The number of esters is 2. The average molecular weight is 677 g/mol. The Labute approximate surface area is 289 Å². The van der Waals surface area contributed by atoms with Gasteiger partial charge in [0.2, 0.25) is 6.79 Å². The van der Waals surface area contributed by atoms with Crippen molar-refractivity contribution in [2.45, 2.75) is 71.6 Å². The number of unbranched alkanes of at least 4 members (excludes halogenated alkanes) is 2. The molecule has 0 saturated heterocycles. The van der Waals surface area contributed by atoms with E-state index < -0.39 is 18.7 Å². The molecule has 0 fully saturated rings. The number of nitrogens with zero attached hydrogens (tertiary/aromatic N) is 6. The number of fused-ring (bicyclic) bond motifs is 2. The Bertz CT molecular complexity index is 2070. The van der Waals surface area contributed by atoms with Gasteiger partial charge in [-0.2, -0.15) is 0 Å². The van der Waals surface area contributed by atoms with E-state index in [1.165, 1.54) is 9.59 Å². The summed E-state index contributed by atoms with van der Waals surface area (Å²) in [6, 6.07) is 22.2. The molecule has 0 saturated carbocycles. The van der Waals surface area contributed by atoms with E-state index in [4.69, 9.17) is 9.47 Å². The number of benzene rings is 4. The Morgan fingerprint density at radius 3 is 1.50 bits per heavy atom. The van der Waals surface area contributed by atoms with E-state index in [0.717, 1.165) is 36.0 Å². The second-order valence-electron chi connectivity index (χ2n) is 12.2. The summed E-state index contributed by atoms with van der Waals surface area (Å²) in [6.45, 7) is 3.57. The van der Waals surface area contributed by atoms with Gasteiger partial charge in [-0.3, -0.25) is 9.59 Å². The number of ether oxygens (including phenoxy) is 2. The van der Waals surface area contributed by atoms with Gasteiger partial charge in [-0.25, -0.2) is 0 Å². The molecule has 0 amide bonds. The largest absolute Gasteiger partial charge is 0.505 e. The van der Waals surface area contributed by atoms with Crippen LogP contribution in [-0.4, -0.2) is 58.9 Å². The zero-order valence-corrected chi connectivity index (χ0v) is 28.2. The second-order valence-corrected chi connectivity index (χ2v) is 12.2. The lowest BCUT2D eigenvalue weighted by Gasteiger charge is -2.13. The predicted molar refractivity (Wildman–Crippen MR) is 187 cm³/mol. The van der Waals surface area contributed by atoms with E-state index >= 15 is 0 Å². The monoisotopic (exact) mass is 676 g/mol. The van der Waals surface area contributed by atoms with Crippen molar-refractivity contribution in [3.05, 3.63) is 95.1 Å². The van der Waals surface area contributed by atoms with Gasteiger partial charge in [0.15, 0.2) is 0 Å². The number of phenolic OH excluding ortho intramolecular Hbond substituents is 2. The van der Waals surface area contributed by atoms with Gasteiger partial charge >= 0.3 is 11.9 Å². The topological polar surface area (TPSA) is 154 Å². The Balaban J connectivity index is 1.03. The van der Waals surface area contributed by atoms with Gasteiger partial charge in [0.25, 0.3) is 0 Å². The lowest BCUT2D eigenvalue weighted by molar-refractivity contribution is -0.167. The number of hydrogen-bond donors (Lipinski definition) is 2. The van der Waals surface area contributed by atoms with Crippen LogP contribution in [0.15, 0.2) is 72.8 Å². The SMILES string of the molecule is CCCCCc1cc(CCC(=O)OCOC(=O)CCc2cc(CC)c(O)c(-n3nc4ccccc4n3)c2)cc(-n2nc3ccccc3n2)c1O. The summed E-state index contributed by atoms with van der Waals surface area (Å²) < 4.78 is 10.4. The summed E-state index contributed by atoms with van der Waals surface area (Å²) in [4.78, 5) is 28.0. The van der Waals surface area contributed by atoms with Crippen LogP contribution < -0.4 is 0 Å². The van der Waals surface area contributed by atoms with Crippen LogP contribution in [0, 0.1) is 0 Å². The number of carbonyl (C=O) groups is 2. The van der Waals surface area contributed by atoms with Crippen molar-refractivity contribution in [2.24, 2.45) is 0 Å². The molecule has 0 aliphatic carbocycles. The summed E-state index contributed by atoms with van der Waals surface area (Å²) in [5.41, 5.74) is 6.84. The Kier molecular flexibility index (Phi) is 10.7. The summed E-state index contributed by atoms with van der Waals surface area (Å²) in [6.07, 6.45) is 5.06. The van der Waals surface area contributed by atoms with Gasteiger partial charge in [0.05, 0.1) is 0 Å². The molecule has 50 heavy (non-hydrogen) atoms. The Morgan fingerprint density at radius 1 is 0.620 bits per heavy atom. The molecular formula is C38H40N6O6. The van der Waals surface area contributed by atoms with Crippen LogP contribution >= 0.6 is 0 Å². The minimum atomic E-state index is -0.521. The zero-order chi connectivity index (χ0) is 35.0. The smallest absolute Gasteiger partial charge is 0.308 e. The van der Waals surface area contributed by atoms with Crippen molar-refractivity contribution in [1.29, 1.82) is 0 Å². The maximum absolute atomic E-state index is 12.6. The molecule has 2 heterocycles. The molecule has 12 nitrogen and oxygen atoms in total. The predicted octanol–water partition coefficient (Wildman–Crippen LogP) is 6.47. The molecule has 0 aliphatic heterocycles. The molecule has 258 valence electrons. The molecule has 0 radical (unpaired) electrons. The van der Waals surface area contributed by atoms with E-state index in [0.29, 0.717) is 64.7 Å². The molecule has 6 aromatic rings. The molecule has 4 aromatic carbocycles. The third kappa shape index (κ3) is 7.91. The molecule has 12 heteroatoms. The standard InChI is InChI=1S/C38H40N6O6/c1-3-5-6-11-28-21-26(23-34(38(28)48)44-41-31-14-9-10-15-32(31)42-44)17-19-36(46)50-24-49-35(45)18-16-25-20-27(4-2)37(47)33(22-25)43-39-29-12-7-8-13-30(29)40-43/h7-10,12-15,20-23,47-48H,3-6,11,16-19,24H2,1-2H3. The van der Waals surface area contributed by atoms with Gasteiger partial charge in [-0.05, 0) is 90.8 Å². The highest BCUT2D eigenvalue weighted by atomic mass is 16.7. The van der Waals surface area contributed by atoms with Gasteiger partial charge in [-0.1, -0.05) is 63.1 Å². The number of hydrogen-bond acceptors (Lipinski definition) is 10. The number of carbonyl (C=O) groups excluding carboxylic acids is 2. The first-order valence-corrected chi connectivity index (χ1v) is 17.0. The summed E-state index contributed by atoms with van der Waals surface area (Å²) in [5, 5.41) is 40.0. The fraction of sp³-hybridized carbons (Fsp3) is 0.316. The van der Waals surface area contributed by atoms with Crippen LogP contribution in [0.1, 0.15) is 68.2 Å². The highest BCUT2D eigenvalue weighted by Crippen LogP contribution is 2.31. The first kappa shape index (κ1) is 34.1. The minimum absolute atomic E-state index is 0.0486. The maximum Gasteiger partial charge on any atom is 0.308 e. The van der Waals surface area contributed by atoms with Crippen molar-refractivity contribution >= 4 is 34.0 Å². The van der Waals surface area contributed by atoms with Crippen LogP contribution in [-0.2, 0) is 44.7 Å². The van der Waals surface area contributed by atoms with Gasteiger partial charge in [0.1, 0.15) is 44.9 Å². The molecule has 2 N–H and O–H groups in total. The third-order valence-electron chi connectivity index (χ3n) is 8.57. The number of phenols is 2. The van der Waals surface area contributed by atoms with Crippen LogP contribution in [0.2, 0.25) is 0 Å². The Hall–Kier alpha value is -5.78. The average Bonchev–Trinajstić information content (AvgIpc) is 3.76. The van der Waals surface area contributed by atoms with Crippen molar-refractivity contribution in [3.63, 3.8) is 0 Å². The molecule has 0 bridgehead atoms. The van der Waals surface area contributed by atoms with Gasteiger partial charge in [-0.15, -0.1) is 30.0 Å². The van der Waals surface area contributed by atoms with E-state index in [1.807, 2.05) is 67.6 Å². The highest BCUT2D eigenvalue weighted by molar-refractivity contribution is 5.75. The van der Waals surface area contributed by atoms with Crippen LogP contribution in [0.4, 0.5) is 0 Å². The van der Waals surface area contributed by atoms with Gasteiger partial charge in [0, 0.05) is 12.8 Å². The summed E-state index contributed by atoms with van der Waals surface area (Å²) in [7, 11) is 0. The van der Waals surface area contributed by atoms with E-state index in [-0.39, 0.29) is 24.3 Å². The van der Waals surface area contributed by atoms with Gasteiger partial charge < -0.3 is 19.7 Å². The Morgan fingerprint density at radius 2 is 1.06 bits per heavy atom. The van der Waals surface area contributed by atoms with Crippen molar-refractivity contribution in [3.8, 4) is 22.9 Å². The highest BCUT2D eigenvalue weighted by Gasteiger charge is 2.17. The minimum Gasteiger partial charge on any atom is -0.505 e. The van der Waals surface area contributed by atoms with Crippen LogP contribution in [0.25, 0.3) is 33.4 Å². The first-order valence-electron chi connectivity index (χ1n) is 17.0. The quantitative estimate of drug-likeness (QED) is 0.0703. The summed E-state index contributed by atoms with van der Waals surface area (Å²) in [5.74, 6) is -0.820. The van der Waals surface area contributed by atoms with Crippen molar-refractivity contribution in [1.82, 2.24) is 30.0 Å². The summed E-state index contributed by atoms with van der Waals surface area (Å²) >= 11 is 0. The normalized spacial score (nSPS) is 11.3. The third-order valence-corrected chi connectivity index (χ3v) is 8.57. The fourth-order valence-electron chi connectivity index (χ4n) is 5.84. The molecule has 2 aromatic heterocycles. The molecule has 6 rings (SSSR count). The fourth-order valence-corrected chi connectivity index (χ4v) is 5.84. The number of aryl methyl sites for hydroxylation is 4. The number of aromatic nitrogens is 6. The van der Waals surface area contributed by atoms with Crippen molar-refractivity contribution in [2.75, 3.05) is 6.79 Å². The molecule has 0 unspecified atom stereocenters. The lowest BCUT2D eigenvalue weighted by atomic mass is 10.00.